The zero-order valence-corrected chi connectivity index (χ0v) is 16.5. The molecular formula is C19H19FN6O2S. The number of halogens is 1. The fourth-order valence-corrected chi connectivity index (χ4v) is 4.95. The topological polar surface area (TPSA) is 101 Å². The summed E-state index contributed by atoms with van der Waals surface area (Å²) in [6.45, 7) is 1.93. The van der Waals surface area contributed by atoms with E-state index in [1.807, 2.05) is 0 Å². The Kier molecular flexibility index (Phi) is 5.20. The molecule has 0 radical (unpaired) electrons. The number of hydrogen-bond acceptors (Lipinski definition) is 7. The number of sulfonamides is 1. The molecule has 1 saturated heterocycles. The molecule has 29 heavy (non-hydrogen) atoms. The van der Waals surface area contributed by atoms with Gasteiger partial charge in [0.2, 0.25) is 16.0 Å². The molecule has 3 aromatic rings. The molecular weight excluding hydrogens is 395 g/mol. The molecule has 0 bridgehead atoms. The Hall–Kier alpha value is -2.98. The van der Waals surface area contributed by atoms with Crippen molar-refractivity contribution in [2.45, 2.75) is 30.7 Å². The van der Waals surface area contributed by atoms with Crippen molar-refractivity contribution in [2.24, 2.45) is 0 Å². The van der Waals surface area contributed by atoms with Crippen molar-refractivity contribution < 1.29 is 12.8 Å². The molecule has 0 aliphatic carbocycles. The van der Waals surface area contributed by atoms with Gasteiger partial charge in [0.05, 0.1) is 29.0 Å². The van der Waals surface area contributed by atoms with E-state index in [0.717, 1.165) is 6.07 Å². The first kappa shape index (κ1) is 19.3. The lowest BCUT2D eigenvalue weighted by atomic mass is 10.2. The van der Waals surface area contributed by atoms with Gasteiger partial charge in [-0.2, -0.15) is 4.31 Å². The van der Waals surface area contributed by atoms with Crippen molar-refractivity contribution in [3.63, 3.8) is 0 Å². The third-order valence-corrected chi connectivity index (χ3v) is 6.66. The Bertz CT molecular complexity index is 1130. The zero-order valence-electron chi connectivity index (χ0n) is 15.7. The number of hydrogen-bond donors (Lipinski definition) is 1. The van der Waals surface area contributed by atoms with Crippen LogP contribution >= 0.6 is 0 Å². The molecule has 1 aliphatic heterocycles. The monoisotopic (exact) mass is 414 g/mol. The van der Waals surface area contributed by atoms with Crippen molar-refractivity contribution in [3.05, 3.63) is 66.1 Å². The van der Waals surface area contributed by atoms with Gasteiger partial charge < -0.3 is 5.32 Å². The van der Waals surface area contributed by atoms with Gasteiger partial charge in [-0.15, -0.1) is 0 Å². The molecule has 3 heterocycles. The normalized spacial score (nSPS) is 17.4. The van der Waals surface area contributed by atoms with Crippen molar-refractivity contribution in [1.29, 1.82) is 0 Å². The highest BCUT2D eigenvalue weighted by atomic mass is 32.2. The summed E-state index contributed by atoms with van der Waals surface area (Å²) in [5.74, 6) is 0.236. The van der Waals surface area contributed by atoms with Crippen LogP contribution in [-0.4, -0.2) is 39.2 Å². The summed E-state index contributed by atoms with van der Waals surface area (Å²) in [4.78, 5) is 16.8. The van der Waals surface area contributed by atoms with Gasteiger partial charge in [0.1, 0.15) is 5.82 Å². The molecule has 0 saturated carbocycles. The van der Waals surface area contributed by atoms with Crippen LogP contribution in [0, 0.1) is 12.7 Å². The lowest BCUT2D eigenvalue weighted by Crippen LogP contribution is -2.31. The Balaban J connectivity index is 1.63. The molecule has 1 aliphatic rings. The molecule has 1 atom stereocenters. The number of benzene rings is 1. The van der Waals surface area contributed by atoms with E-state index in [1.165, 1.54) is 22.6 Å². The molecule has 8 nitrogen and oxygen atoms in total. The van der Waals surface area contributed by atoms with Crippen molar-refractivity contribution in [1.82, 2.24) is 24.2 Å². The Labute approximate surface area is 167 Å². The molecule has 1 fully saturated rings. The smallest absolute Gasteiger partial charge is 0.243 e. The van der Waals surface area contributed by atoms with Gasteiger partial charge in [-0.1, -0.05) is 6.07 Å². The third kappa shape index (κ3) is 3.94. The molecule has 0 spiro atoms. The van der Waals surface area contributed by atoms with E-state index in [4.69, 9.17) is 0 Å². The predicted octanol–water partition coefficient (Wildman–Crippen LogP) is 2.98. The average Bonchev–Trinajstić information content (AvgIpc) is 3.22. The second kappa shape index (κ2) is 7.80. The number of nitrogens with one attached hydrogen (secondary N) is 1. The highest BCUT2D eigenvalue weighted by Crippen LogP contribution is 2.36. The summed E-state index contributed by atoms with van der Waals surface area (Å²) in [5, 5.41) is 2.95. The quantitative estimate of drug-likeness (QED) is 0.685. The fourth-order valence-electron chi connectivity index (χ4n) is 3.27. The number of nitrogens with zero attached hydrogens (tertiary/aromatic N) is 5. The summed E-state index contributed by atoms with van der Waals surface area (Å²) in [6, 6.07) is 5.19. The number of rotatable bonds is 5. The van der Waals surface area contributed by atoms with Crippen molar-refractivity contribution in [3.8, 4) is 0 Å². The minimum absolute atomic E-state index is 0.0626. The van der Waals surface area contributed by atoms with E-state index in [0.29, 0.717) is 42.4 Å². The van der Waals surface area contributed by atoms with Crippen molar-refractivity contribution >= 4 is 21.8 Å². The molecule has 1 N–H and O–H groups in total. The van der Waals surface area contributed by atoms with Crippen LogP contribution < -0.4 is 5.32 Å². The summed E-state index contributed by atoms with van der Waals surface area (Å²) in [6.07, 6.45) is 7.54. The standard InChI is InChI=1S/C19H19FN6O2S/c1-13-5-6-14(10-15(13)20)29(27,28)26-9-2-4-17(26)16-11-21-12-18(24-16)25-19-22-7-3-8-23-19/h3,5-8,10-12,17H,2,4,9H2,1H3,(H,22,23,24,25)/t17-/m1/s1. The zero-order chi connectivity index (χ0) is 20.4. The second-order valence-corrected chi connectivity index (χ2v) is 8.60. The maximum Gasteiger partial charge on any atom is 0.243 e. The van der Waals surface area contributed by atoms with E-state index in [9.17, 15) is 12.8 Å². The number of aryl methyl sites for hydroxylation is 1. The van der Waals surface area contributed by atoms with Crippen LogP contribution in [0.4, 0.5) is 16.2 Å². The molecule has 1 aromatic carbocycles. The van der Waals surface area contributed by atoms with E-state index in [-0.39, 0.29) is 4.90 Å². The Morgan fingerprint density at radius 2 is 2.00 bits per heavy atom. The Morgan fingerprint density at radius 3 is 2.76 bits per heavy atom. The summed E-state index contributed by atoms with van der Waals surface area (Å²) < 4.78 is 41.6. The summed E-state index contributed by atoms with van der Waals surface area (Å²) in [5.41, 5.74) is 0.911. The first-order valence-corrected chi connectivity index (χ1v) is 10.5. The minimum Gasteiger partial charge on any atom is -0.307 e. The number of anilines is 2. The van der Waals surface area contributed by atoms with Gasteiger partial charge >= 0.3 is 0 Å². The van der Waals surface area contributed by atoms with Crippen LogP contribution in [0.2, 0.25) is 0 Å². The molecule has 150 valence electrons. The van der Waals surface area contributed by atoms with Crippen LogP contribution in [-0.2, 0) is 10.0 Å². The number of aromatic nitrogens is 4. The van der Waals surface area contributed by atoms with Crippen molar-refractivity contribution in [2.75, 3.05) is 11.9 Å². The highest BCUT2D eigenvalue weighted by Gasteiger charge is 2.37. The van der Waals surface area contributed by atoms with E-state index in [2.05, 4.69) is 25.3 Å². The molecule has 0 unspecified atom stereocenters. The van der Waals surface area contributed by atoms with Gasteiger partial charge in [-0.3, -0.25) is 4.98 Å². The lowest BCUT2D eigenvalue weighted by molar-refractivity contribution is 0.389. The predicted molar refractivity (Wildman–Crippen MR) is 104 cm³/mol. The average molecular weight is 414 g/mol. The van der Waals surface area contributed by atoms with E-state index in [1.54, 1.807) is 31.6 Å². The lowest BCUT2D eigenvalue weighted by Gasteiger charge is -2.24. The Morgan fingerprint density at radius 1 is 1.21 bits per heavy atom. The molecule has 2 aromatic heterocycles. The fraction of sp³-hybridized carbons (Fsp3) is 0.263. The third-order valence-electron chi connectivity index (χ3n) is 4.75. The van der Waals surface area contributed by atoms with Crippen LogP contribution in [0.3, 0.4) is 0 Å². The summed E-state index contributed by atoms with van der Waals surface area (Å²) >= 11 is 0. The van der Waals surface area contributed by atoms with E-state index < -0.39 is 21.9 Å². The summed E-state index contributed by atoms with van der Waals surface area (Å²) in [7, 11) is -3.87. The SMILES string of the molecule is Cc1ccc(S(=O)(=O)N2CCC[C@@H]2c2cncc(Nc3ncccn3)n2)cc1F. The van der Waals surface area contributed by atoms with Crippen LogP contribution in [0.25, 0.3) is 0 Å². The van der Waals surface area contributed by atoms with Crippen LogP contribution in [0.1, 0.15) is 30.1 Å². The van der Waals surface area contributed by atoms with Crippen LogP contribution in [0.5, 0.6) is 0 Å². The largest absolute Gasteiger partial charge is 0.307 e. The minimum atomic E-state index is -3.87. The first-order valence-electron chi connectivity index (χ1n) is 9.09. The molecule has 10 heteroatoms. The van der Waals surface area contributed by atoms with Gasteiger partial charge in [-0.25, -0.2) is 27.8 Å². The second-order valence-electron chi connectivity index (χ2n) is 6.71. The highest BCUT2D eigenvalue weighted by molar-refractivity contribution is 7.89. The maximum absolute atomic E-state index is 14.0. The molecule has 0 amide bonds. The maximum atomic E-state index is 14.0. The van der Waals surface area contributed by atoms with Crippen LogP contribution in [0.15, 0.2) is 53.9 Å². The van der Waals surface area contributed by atoms with Gasteiger partial charge in [-0.05, 0) is 43.5 Å². The molecule has 4 rings (SSSR count). The van der Waals surface area contributed by atoms with Gasteiger partial charge in [0.15, 0.2) is 5.82 Å². The van der Waals surface area contributed by atoms with Gasteiger partial charge in [0, 0.05) is 18.9 Å². The van der Waals surface area contributed by atoms with E-state index >= 15 is 0 Å². The first-order chi connectivity index (χ1) is 13.9. The van der Waals surface area contributed by atoms with Gasteiger partial charge in [0.25, 0.3) is 0 Å².